The third kappa shape index (κ3) is 2.12. The van der Waals surface area contributed by atoms with Crippen molar-refractivity contribution in [3.05, 3.63) is 77.3 Å². The van der Waals surface area contributed by atoms with E-state index < -0.39 is 0 Å². The molecule has 0 saturated heterocycles. The van der Waals surface area contributed by atoms with Gasteiger partial charge in [-0.2, -0.15) is 0 Å². The molecular formula is C17H13ClNO. The predicted molar refractivity (Wildman–Crippen MR) is 82.2 cm³/mol. The molecule has 0 aliphatic rings. The summed E-state index contributed by atoms with van der Waals surface area (Å²) in [6.45, 7) is 3.93. The maximum atomic E-state index is 12.6. The van der Waals surface area contributed by atoms with Crippen LogP contribution in [-0.2, 0) is 6.42 Å². The van der Waals surface area contributed by atoms with Crippen LogP contribution >= 0.6 is 11.6 Å². The Hall–Kier alpha value is -2.06. The third-order valence-electron chi connectivity index (χ3n) is 3.38. The molecule has 0 aliphatic heterocycles. The van der Waals surface area contributed by atoms with E-state index in [-0.39, 0.29) is 5.78 Å². The van der Waals surface area contributed by atoms with E-state index in [1.807, 2.05) is 48.5 Å². The smallest absolute Gasteiger partial charge is 0.209 e. The number of aromatic nitrogens is 1. The van der Waals surface area contributed by atoms with Crippen LogP contribution in [0.1, 0.15) is 21.6 Å². The topological polar surface area (TPSA) is 32.9 Å². The Kier molecular flexibility index (Phi) is 3.33. The van der Waals surface area contributed by atoms with Crippen LogP contribution in [0.4, 0.5) is 0 Å². The van der Waals surface area contributed by atoms with Gasteiger partial charge in [0.2, 0.25) is 5.78 Å². The largest absolute Gasteiger partial charge is 0.352 e. The average molecular weight is 283 g/mol. The Morgan fingerprint density at radius 3 is 2.60 bits per heavy atom. The lowest BCUT2D eigenvalue weighted by molar-refractivity contribution is 0.103. The minimum Gasteiger partial charge on any atom is -0.352 e. The third-order valence-corrected chi connectivity index (χ3v) is 3.62. The molecule has 3 aromatic rings. The highest BCUT2D eigenvalue weighted by Crippen LogP contribution is 2.27. The first-order chi connectivity index (χ1) is 9.70. The zero-order valence-electron chi connectivity index (χ0n) is 10.8. The SMILES string of the molecule is [CH2]Cc1c(C(=O)c2ccccc2)[nH]c2cc(Cl)ccc12. The number of aromatic amines is 1. The summed E-state index contributed by atoms with van der Waals surface area (Å²) in [7, 11) is 0. The van der Waals surface area contributed by atoms with Gasteiger partial charge in [-0.25, -0.2) is 0 Å². The summed E-state index contributed by atoms with van der Waals surface area (Å²) in [5.74, 6) is -0.0171. The molecule has 99 valence electrons. The molecule has 2 nitrogen and oxygen atoms in total. The molecule has 0 saturated carbocycles. The van der Waals surface area contributed by atoms with Gasteiger partial charge in [-0.1, -0.05) is 48.0 Å². The Balaban J connectivity index is 2.18. The molecular weight excluding hydrogens is 270 g/mol. The Bertz CT molecular complexity index is 774. The second-order valence-electron chi connectivity index (χ2n) is 4.61. The van der Waals surface area contributed by atoms with E-state index in [0.29, 0.717) is 22.7 Å². The van der Waals surface area contributed by atoms with Gasteiger partial charge in [-0.3, -0.25) is 4.79 Å². The van der Waals surface area contributed by atoms with Crippen molar-refractivity contribution < 1.29 is 4.79 Å². The number of hydrogen-bond donors (Lipinski definition) is 1. The summed E-state index contributed by atoms with van der Waals surface area (Å²) < 4.78 is 0. The van der Waals surface area contributed by atoms with Crippen molar-refractivity contribution in [2.24, 2.45) is 0 Å². The molecule has 3 rings (SSSR count). The van der Waals surface area contributed by atoms with Gasteiger partial charge in [0.25, 0.3) is 0 Å². The van der Waals surface area contributed by atoms with Crippen molar-refractivity contribution in [1.29, 1.82) is 0 Å². The summed E-state index contributed by atoms with van der Waals surface area (Å²) in [4.78, 5) is 15.8. The zero-order valence-corrected chi connectivity index (χ0v) is 11.6. The Morgan fingerprint density at radius 1 is 1.15 bits per heavy atom. The fourth-order valence-corrected chi connectivity index (χ4v) is 2.59. The van der Waals surface area contributed by atoms with Crippen LogP contribution in [-0.4, -0.2) is 10.8 Å². The molecule has 2 aromatic carbocycles. The molecule has 0 bridgehead atoms. The fourth-order valence-electron chi connectivity index (χ4n) is 2.42. The lowest BCUT2D eigenvalue weighted by Crippen LogP contribution is -2.04. The number of carbonyl (C=O) groups excluding carboxylic acids is 1. The van der Waals surface area contributed by atoms with Gasteiger partial charge in [0.05, 0.1) is 5.69 Å². The van der Waals surface area contributed by atoms with Gasteiger partial charge in [-0.15, -0.1) is 0 Å². The lowest BCUT2D eigenvalue weighted by atomic mass is 10.0. The molecule has 0 amide bonds. The molecule has 1 N–H and O–H groups in total. The molecule has 1 aromatic heterocycles. The maximum Gasteiger partial charge on any atom is 0.209 e. The molecule has 0 aliphatic carbocycles. The average Bonchev–Trinajstić information content (AvgIpc) is 2.84. The number of fused-ring (bicyclic) bond motifs is 1. The van der Waals surface area contributed by atoms with Crippen LogP contribution in [0.3, 0.4) is 0 Å². The highest BCUT2D eigenvalue weighted by atomic mass is 35.5. The summed E-state index contributed by atoms with van der Waals surface area (Å²) >= 11 is 6.00. The van der Waals surface area contributed by atoms with Gasteiger partial charge in [0.15, 0.2) is 0 Å². The minimum atomic E-state index is -0.0171. The van der Waals surface area contributed by atoms with Crippen LogP contribution in [0, 0.1) is 6.92 Å². The quantitative estimate of drug-likeness (QED) is 0.708. The first-order valence-electron chi connectivity index (χ1n) is 6.40. The van der Waals surface area contributed by atoms with Crippen LogP contribution in [0.2, 0.25) is 5.02 Å². The summed E-state index contributed by atoms with van der Waals surface area (Å²) in [6, 6.07) is 14.8. The lowest BCUT2D eigenvalue weighted by Gasteiger charge is -2.01. The van der Waals surface area contributed by atoms with Crippen molar-refractivity contribution in [2.75, 3.05) is 0 Å². The summed E-state index contributed by atoms with van der Waals surface area (Å²) in [6.07, 6.45) is 0.551. The van der Waals surface area contributed by atoms with E-state index in [1.54, 1.807) is 0 Å². The summed E-state index contributed by atoms with van der Waals surface area (Å²) in [5, 5.41) is 1.65. The highest BCUT2D eigenvalue weighted by molar-refractivity contribution is 6.31. The summed E-state index contributed by atoms with van der Waals surface area (Å²) in [5.41, 5.74) is 3.07. The normalized spacial score (nSPS) is 10.9. The van der Waals surface area contributed by atoms with Crippen molar-refractivity contribution in [3.63, 3.8) is 0 Å². The van der Waals surface area contributed by atoms with Gasteiger partial charge in [-0.05, 0) is 31.0 Å². The van der Waals surface area contributed by atoms with Crippen LogP contribution < -0.4 is 0 Å². The van der Waals surface area contributed by atoms with E-state index in [0.717, 1.165) is 16.5 Å². The maximum absolute atomic E-state index is 12.6. The number of rotatable bonds is 3. The number of hydrogen-bond acceptors (Lipinski definition) is 1. The molecule has 1 radical (unpaired) electrons. The van der Waals surface area contributed by atoms with E-state index in [4.69, 9.17) is 11.6 Å². The predicted octanol–water partition coefficient (Wildman–Crippen LogP) is 4.43. The van der Waals surface area contributed by atoms with Crippen molar-refractivity contribution >= 4 is 28.3 Å². The molecule has 0 fully saturated rings. The van der Waals surface area contributed by atoms with Gasteiger partial charge < -0.3 is 4.98 Å². The van der Waals surface area contributed by atoms with Gasteiger partial charge in [0.1, 0.15) is 0 Å². The van der Waals surface area contributed by atoms with Crippen LogP contribution in [0.5, 0.6) is 0 Å². The Labute approximate surface area is 122 Å². The number of ketones is 1. The number of halogens is 1. The van der Waals surface area contributed by atoms with E-state index in [1.165, 1.54) is 0 Å². The second kappa shape index (κ2) is 5.14. The van der Waals surface area contributed by atoms with E-state index in [2.05, 4.69) is 11.9 Å². The monoisotopic (exact) mass is 282 g/mol. The van der Waals surface area contributed by atoms with Gasteiger partial charge in [0, 0.05) is 21.5 Å². The standard InChI is InChI=1S/C17H13ClNO/c1-2-13-14-9-8-12(18)10-15(14)19-16(13)17(20)11-6-4-3-5-7-11/h3-10,19H,1-2H2. The van der Waals surface area contributed by atoms with Gasteiger partial charge >= 0.3 is 0 Å². The molecule has 20 heavy (non-hydrogen) atoms. The van der Waals surface area contributed by atoms with Crippen molar-refractivity contribution in [1.82, 2.24) is 4.98 Å². The Morgan fingerprint density at radius 2 is 1.90 bits per heavy atom. The van der Waals surface area contributed by atoms with Crippen molar-refractivity contribution in [2.45, 2.75) is 6.42 Å². The first kappa shape index (κ1) is 12.9. The second-order valence-corrected chi connectivity index (χ2v) is 5.05. The number of benzene rings is 2. The molecule has 0 unspecified atom stereocenters. The van der Waals surface area contributed by atoms with Crippen molar-refractivity contribution in [3.8, 4) is 0 Å². The molecule has 0 spiro atoms. The van der Waals surface area contributed by atoms with Crippen LogP contribution in [0.25, 0.3) is 10.9 Å². The van der Waals surface area contributed by atoms with Crippen LogP contribution in [0.15, 0.2) is 48.5 Å². The fraction of sp³-hybridized carbons (Fsp3) is 0.0588. The minimum absolute atomic E-state index is 0.0171. The molecule has 3 heteroatoms. The zero-order chi connectivity index (χ0) is 14.1. The molecule has 0 atom stereocenters. The number of carbonyl (C=O) groups is 1. The number of H-pyrrole nitrogens is 1. The highest BCUT2D eigenvalue weighted by Gasteiger charge is 2.17. The molecule has 1 heterocycles. The van der Waals surface area contributed by atoms with E-state index in [9.17, 15) is 4.79 Å². The number of nitrogens with one attached hydrogen (secondary N) is 1. The van der Waals surface area contributed by atoms with E-state index >= 15 is 0 Å². The first-order valence-corrected chi connectivity index (χ1v) is 6.77.